The first kappa shape index (κ1) is 17.9. The number of hydrogen-bond donors (Lipinski definition) is 1. The van der Waals surface area contributed by atoms with Crippen LogP contribution in [0.3, 0.4) is 0 Å². The molecule has 1 fully saturated rings. The number of benzene rings is 1. The van der Waals surface area contributed by atoms with Crippen LogP contribution in [-0.2, 0) is 20.8 Å². The van der Waals surface area contributed by atoms with Gasteiger partial charge in [-0.15, -0.1) is 0 Å². The van der Waals surface area contributed by atoms with Gasteiger partial charge in [0, 0.05) is 19.8 Å². The zero-order valence-corrected chi connectivity index (χ0v) is 14.3. The monoisotopic (exact) mass is 360 g/mol. The Balaban J connectivity index is 1.48. The number of ether oxygens (including phenoxy) is 3. The summed E-state index contributed by atoms with van der Waals surface area (Å²) in [5, 5.41) is 0. The highest BCUT2D eigenvalue weighted by atomic mass is 16.7. The summed E-state index contributed by atoms with van der Waals surface area (Å²) < 4.78 is 17.5. The van der Waals surface area contributed by atoms with Gasteiger partial charge in [0.15, 0.2) is 12.5 Å². The fourth-order valence-electron chi connectivity index (χ4n) is 2.49. The van der Waals surface area contributed by atoms with Crippen LogP contribution in [0, 0.1) is 0 Å². The number of nitrogen functional groups attached to an aromatic ring is 1. The van der Waals surface area contributed by atoms with E-state index in [2.05, 4.69) is 4.98 Å². The molecule has 0 saturated carbocycles. The van der Waals surface area contributed by atoms with Gasteiger partial charge in [-0.3, -0.25) is 4.57 Å². The summed E-state index contributed by atoms with van der Waals surface area (Å²) in [6.07, 6.45) is -0.392. The highest BCUT2D eigenvalue weighted by Crippen LogP contribution is 2.20. The van der Waals surface area contributed by atoms with Crippen molar-refractivity contribution in [2.75, 3.05) is 26.0 Å². The largest absolute Gasteiger partial charge is 0.444 e. The molecule has 9 heteroatoms. The molecule has 2 unspecified atom stereocenters. The van der Waals surface area contributed by atoms with Crippen molar-refractivity contribution in [1.82, 2.24) is 14.5 Å². The molecular weight excluding hydrogens is 340 g/mol. The molecule has 2 N–H and O–H groups in total. The maximum absolute atomic E-state index is 12.1. The van der Waals surface area contributed by atoms with Gasteiger partial charge < -0.3 is 24.8 Å². The third kappa shape index (κ3) is 4.38. The van der Waals surface area contributed by atoms with E-state index < -0.39 is 24.3 Å². The van der Waals surface area contributed by atoms with Gasteiger partial charge in [-0.1, -0.05) is 30.3 Å². The highest BCUT2D eigenvalue weighted by molar-refractivity contribution is 5.67. The van der Waals surface area contributed by atoms with E-state index in [-0.39, 0.29) is 19.0 Å². The lowest BCUT2D eigenvalue weighted by atomic mass is 10.2. The molecule has 26 heavy (non-hydrogen) atoms. The molecule has 0 bridgehead atoms. The topological polar surface area (TPSA) is 109 Å². The van der Waals surface area contributed by atoms with Gasteiger partial charge in [0.25, 0.3) is 0 Å². The van der Waals surface area contributed by atoms with Gasteiger partial charge in [0.05, 0.1) is 6.61 Å². The van der Waals surface area contributed by atoms with Crippen molar-refractivity contribution in [2.24, 2.45) is 0 Å². The molecule has 9 nitrogen and oxygen atoms in total. The van der Waals surface area contributed by atoms with Crippen molar-refractivity contribution < 1.29 is 19.0 Å². The third-order valence-corrected chi connectivity index (χ3v) is 3.81. The normalized spacial score (nSPS) is 19.3. The van der Waals surface area contributed by atoms with Gasteiger partial charge in [-0.05, 0) is 11.6 Å². The van der Waals surface area contributed by atoms with Crippen molar-refractivity contribution in [2.45, 2.75) is 19.1 Å². The molecule has 2 aromatic rings. The molecule has 1 amide bonds. The van der Waals surface area contributed by atoms with Crippen molar-refractivity contribution in [1.29, 1.82) is 0 Å². The number of hydrogen-bond acceptors (Lipinski definition) is 7. The third-order valence-electron chi connectivity index (χ3n) is 3.81. The molecule has 0 spiro atoms. The summed E-state index contributed by atoms with van der Waals surface area (Å²) in [5.41, 5.74) is 5.93. The fraction of sp³-hybridized carbons (Fsp3) is 0.353. The van der Waals surface area contributed by atoms with Crippen LogP contribution >= 0.6 is 0 Å². The SMILES string of the molecule is CN(Cc1ccccc1)C(=O)OCC1OCC(n2ccc(N)nc2=O)O1. The van der Waals surface area contributed by atoms with E-state index in [4.69, 9.17) is 19.9 Å². The Morgan fingerprint density at radius 3 is 2.88 bits per heavy atom. The van der Waals surface area contributed by atoms with E-state index in [0.29, 0.717) is 6.54 Å². The average molecular weight is 360 g/mol. The van der Waals surface area contributed by atoms with Crippen LogP contribution in [0.4, 0.5) is 10.6 Å². The van der Waals surface area contributed by atoms with Crippen LogP contribution in [0.25, 0.3) is 0 Å². The Hall–Kier alpha value is -2.91. The van der Waals surface area contributed by atoms with Gasteiger partial charge in [0.2, 0.25) is 0 Å². The minimum absolute atomic E-state index is 0.0778. The Morgan fingerprint density at radius 2 is 2.15 bits per heavy atom. The van der Waals surface area contributed by atoms with Crippen LogP contribution in [-0.4, -0.2) is 47.1 Å². The molecule has 3 rings (SSSR count). The first-order valence-corrected chi connectivity index (χ1v) is 8.06. The summed E-state index contributed by atoms with van der Waals surface area (Å²) in [5.74, 6) is 0.136. The lowest BCUT2D eigenvalue weighted by Gasteiger charge is -2.18. The Morgan fingerprint density at radius 1 is 1.38 bits per heavy atom. The summed E-state index contributed by atoms with van der Waals surface area (Å²) in [6.45, 7) is 0.500. The molecule has 1 saturated heterocycles. The maximum atomic E-state index is 12.1. The number of amides is 1. The molecule has 1 aliphatic rings. The summed E-state index contributed by atoms with van der Waals surface area (Å²) >= 11 is 0. The van der Waals surface area contributed by atoms with E-state index in [9.17, 15) is 9.59 Å². The summed E-state index contributed by atoms with van der Waals surface area (Å²) in [7, 11) is 1.65. The predicted octanol–water partition coefficient (Wildman–Crippen LogP) is 0.966. The average Bonchev–Trinajstić information content (AvgIpc) is 3.09. The molecule has 2 heterocycles. The van der Waals surface area contributed by atoms with Crippen molar-refractivity contribution >= 4 is 11.9 Å². The lowest BCUT2D eigenvalue weighted by molar-refractivity contribution is -0.103. The molecule has 0 aliphatic carbocycles. The standard InChI is InChI=1S/C17H20N4O5/c1-20(9-12-5-3-2-4-6-12)17(23)25-11-15-24-10-14(26-15)21-8-7-13(18)19-16(21)22/h2-8,14-15H,9-11H2,1H3,(H2,18,19,22). The van der Waals surface area contributed by atoms with Crippen molar-refractivity contribution in [3.8, 4) is 0 Å². The van der Waals surface area contributed by atoms with E-state index >= 15 is 0 Å². The number of aromatic nitrogens is 2. The van der Waals surface area contributed by atoms with E-state index in [0.717, 1.165) is 5.56 Å². The Labute approximate surface area is 149 Å². The fourth-order valence-corrected chi connectivity index (χ4v) is 2.49. The van der Waals surface area contributed by atoms with Gasteiger partial charge in [0.1, 0.15) is 12.4 Å². The minimum atomic E-state index is -0.751. The number of anilines is 1. The zero-order valence-electron chi connectivity index (χ0n) is 14.3. The maximum Gasteiger partial charge on any atom is 0.409 e. The molecule has 1 aromatic carbocycles. The van der Waals surface area contributed by atoms with Crippen LogP contribution in [0.1, 0.15) is 11.8 Å². The van der Waals surface area contributed by atoms with Crippen LogP contribution < -0.4 is 11.4 Å². The van der Waals surface area contributed by atoms with E-state index in [1.54, 1.807) is 7.05 Å². The number of carbonyl (C=O) groups excluding carboxylic acids is 1. The first-order chi connectivity index (χ1) is 12.5. The smallest absolute Gasteiger partial charge is 0.409 e. The van der Waals surface area contributed by atoms with Crippen LogP contribution in [0.15, 0.2) is 47.4 Å². The number of nitrogens with two attached hydrogens (primary N) is 1. The number of nitrogens with zero attached hydrogens (tertiary/aromatic N) is 3. The second-order valence-electron chi connectivity index (χ2n) is 5.81. The molecule has 1 aliphatic heterocycles. The molecule has 2 atom stereocenters. The van der Waals surface area contributed by atoms with E-state index in [1.165, 1.54) is 21.7 Å². The Bertz CT molecular complexity index is 810. The summed E-state index contributed by atoms with van der Waals surface area (Å²) in [4.78, 5) is 29.0. The van der Waals surface area contributed by atoms with Crippen LogP contribution in [0.2, 0.25) is 0 Å². The molecule has 138 valence electrons. The summed E-state index contributed by atoms with van der Waals surface area (Å²) in [6, 6.07) is 11.1. The van der Waals surface area contributed by atoms with Gasteiger partial charge in [-0.2, -0.15) is 4.98 Å². The number of rotatable bonds is 5. The lowest BCUT2D eigenvalue weighted by Crippen LogP contribution is -2.31. The van der Waals surface area contributed by atoms with Gasteiger partial charge >= 0.3 is 11.8 Å². The quantitative estimate of drug-likeness (QED) is 0.846. The zero-order chi connectivity index (χ0) is 18.5. The van der Waals surface area contributed by atoms with Crippen molar-refractivity contribution in [3.63, 3.8) is 0 Å². The predicted molar refractivity (Wildman–Crippen MR) is 92.0 cm³/mol. The van der Waals surface area contributed by atoms with E-state index in [1.807, 2.05) is 30.3 Å². The Kier molecular flexibility index (Phi) is 5.49. The highest BCUT2D eigenvalue weighted by Gasteiger charge is 2.29. The van der Waals surface area contributed by atoms with Gasteiger partial charge in [-0.25, -0.2) is 9.59 Å². The van der Waals surface area contributed by atoms with Crippen LogP contribution in [0.5, 0.6) is 0 Å². The second-order valence-corrected chi connectivity index (χ2v) is 5.81. The first-order valence-electron chi connectivity index (χ1n) is 8.06. The minimum Gasteiger partial charge on any atom is -0.444 e. The molecule has 1 aromatic heterocycles. The molecular formula is C17H20N4O5. The van der Waals surface area contributed by atoms with Crippen molar-refractivity contribution in [3.05, 3.63) is 58.6 Å². The second kappa shape index (κ2) is 7.98. The molecule has 0 radical (unpaired) electrons. The number of carbonyl (C=O) groups is 1.